The summed E-state index contributed by atoms with van der Waals surface area (Å²) in [4.78, 5) is 0. The molecule has 0 saturated heterocycles. The molecule has 1 nitrogen and oxygen atoms in total. The van der Waals surface area contributed by atoms with Crippen molar-refractivity contribution in [3.05, 3.63) is 60.2 Å². The molecule has 0 fully saturated rings. The van der Waals surface area contributed by atoms with Gasteiger partial charge in [0.05, 0.1) is 0 Å². The van der Waals surface area contributed by atoms with Crippen molar-refractivity contribution in [2.45, 2.75) is 87.6 Å². The van der Waals surface area contributed by atoms with Gasteiger partial charge in [-0.3, -0.25) is 0 Å². The molecule has 0 spiro atoms. The number of hydrogen-bond donors (Lipinski definition) is 1. The number of hydrogen-bond acceptors (Lipinski definition) is 1. The third-order valence-electron chi connectivity index (χ3n) is 3.21. The fourth-order valence-electron chi connectivity index (χ4n) is 1.92. The monoisotopic (exact) mass is 347 g/mol. The average Bonchev–Trinajstić information content (AvgIpc) is 2.64. The molecule has 1 heteroatoms. The normalized spacial score (nSPS) is 11.1. The summed E-state index contributed by atoms with van der Waals surface area (Å²) in [6, 6.07) is 8.74. The number of rotatable bonds is 5. The summed E-state index contributed by atoms with van der Waals surface area (Å²) in [5.41, 5.74) is 8.88. The Hall–Kier alpha value is -1.34. The van der Waals surface area contributed by atoms with E-state index in [0.717, 1.165) is 19.3 Å². The zero-order chi connectivity index (χ0) is 20.3. The van der Waals surface area contributed by atoms with E-state index in [1.165, 1.54) is 11.1 Å². The van der Waals surface area contributed by atoms with E-state index in [0.29, 0.717) is 0 Å². The summed E-state index contributed by atoms with van der Waals surface area (Å²) in [5, 5.41) is 0. The van der Waals surface area contributed by atoms with Crippen molar-refractivity contribution >= 4 is 0 Å². The summed E-state index contributed by atoms with van der Waals surface area (Å²) in [5.74, 6) is 0. The molecule has 1 atom stereocenters. The highest BCUT2D eigenvalue weighted by molar-refractivity contribution is 5.26. The van der Waals surface area contributed by atoms with Gasteiger partial charge in [-0.05, 0) is 35.8 Å². The zero-order valence-electron chi connectivity index (χ0n) is 18.5. The standard InChI is InChI=1S/C10H19N.C10H14.2C2H6/c1-5-9(11)7-6-8-10(2,3)4;1-3-9-7-5-6-8-10(9)4-2;2*1-2/h5-6,8-9H,1,7,11H2,2-4H3;5-8H,3-4H2,1-2H3;2*1-2H3/b8-6+;;;/t9-;;;/m1.../s1. The van der Waals surface area contributed by atoms with Gasteiger partial charge in [0.2, 0.25) is 0 Å². The van der Waals surface area contributed by atoms with Crippen LogP contribution in [0.25, 0.3) is 0 Å². The Morgan fingerprint density at radius 2 is 1.36 bits per heavy atom. The molecular formula is C24H45N. The van der Waals surface area contributed by atoms with E-state index in [4.69, 9.17) is 5.73 Å². The molecule has 0 aromatic heterocycles. The molecular weight excluding hydrogens is 302 g/mol. The minimum atomic E-state index is 0.105. The van der Waals surface area contributed by atoms with Gasteiger partial charge >= 0.3 is 0 Å². The van der Waals surface area contributed by atoms with Gasteiger partial charge in [-0.1, -0.05) is 105 Å². The minimum Gasteiger partial charge on any atom is -0.324 e. The van der Waals surface area contributed by atoms with E-state index >= 15 is 0 Å². The maximum atomic E-state index is 5.63. The molecule has 0 aliphatic carbocycles. The van der Waals surface area contributed by atoms with E-state index in [-0.39, 0.29) is 11.5 Å². The summed E-state index contributed by atoms with van der Waals surface area (Å²) < 4.78 is 0. The third-order valence-corrected chi connectivity index (χ3v) is 3.21. The van der Waals surface area contributed by atoms with E-state index in [1.807, 2.05) is 27.7 Å². The van der Waals surface area contributed by atoms with Gasteiger partial charge in [0.25, 0.3) is 0 Å². The van der Waals surface area contributed by atoms with Gasteiger partial charge in [0.15, 0.2) is 0 Å². The van der Waals surface area contributed by atoms with Gasteiger partial charge in [0, 0.05) is 6.04 Å². The first kappa shape index (κ1) is 28.5. The van der Waals surface area contributed by atoms with Crippen LogP contribution in [0.3, 0.4) is 0 Å². The number of nitrogens with two attached hydrogens (primary N) is 1. The molecule has 0 amide bonds. The molecule has 0 radical (unpaired) electrons. The lowest BCUT2D eigenvalue weighted by Crippen LogP contribution is -2.14. The fourth-order valence-corrected chi connectivity index (χ4v) is 1.92. The van der Waals surface area contributed by atoms with Gasteiger partial charge in [-0.15, -0.1) is 6.58 Å². The SMILES string of the molecule is C=C[C@@H](N)C/C=C/C(C)(C)C.CC.CC.CCc1ccccc1CC. The molecule has 0 aliphatic heterocycles. The number of allylic oxidation sites excluding steroid dienone is 1. The Kier molecular flexibility index (Phi) is 21.6. The Bertz CT molecular complexity index is 401. The van der Waals surface area contributed by atoms with Crippen LogP contribution in [0.4, 0.5) is 0 Å². The lowest BCUT2D eigenvalue weighted by molar-refractivity contribution is 0.541. The predicted octanol–water partition coefficient (Wildman–Crippen LogP) is 7.36. The van der Waals surface area contributed by atoms with Crippen molar-refractivity contribution < 1.29 is 0 Å². The number of benzene rings is 1. The third kappa shape index (κ3) is 18.8. The summed E-state index contributed by atoms with van der Waals surface area (Å²) in [6.45, 7) is 22.5. The lowest BCUT2D eigenvalue weighted by atomic mass is 9.95. The van der Waals surface area contributed by atoms with E-state index in [1.54, 1.807) is 6.08 Å². The van der Waals surface area contributed by atoms with E-state index in [9.17, 15) is 0 Å². The topological polar surface area (TPSA) is 26.0 Å². The van der Waals surface area contributed by atoms with Crippen LogP contribution in [0, 0.1) is 5.41 Å². The second-order valence-electron chi connectivity index (χ2n) is 6.38. The molecule has 1 rings (SSSR count). The summed E-state index contributed by atoms with van der Waals surface area (Å²) in [7, 11) is 0. The van der Waals surface area contributed by atoms with Crippen LogP contribution in [0.2, 0.25) is 0 Å². The maximum absolute atomic E-state index is 5.63. The molecule has 25 heavy (non-hydrogen) atoms. The van der Waals surface area contributed by atoms with Crippen molar-refractivity contribution in [1.29, 1.82) is 0 Å². The van der Waals surface area contributed by atoms with Crippen LogP contribution < -0.4 is 5.73 Å². The molecule has 1 aromatic carbocycles. The zero-order valence-corrected chi connectivity index (χ0v) is 18.5. The van der Waals surface area contributed by atoms with Crippen molar-refractivity contribution in [3.63, 3.8) is 0 Å². The first-order valence-corrected chi connectivity index (χ1v) is 9.96. The summed E-state index contributed by atoms with van der Waals surface area (Å²) >= 11 is 0. The molecule has 0 aliphatic rings. The molecule has 2 N–H and O–H groups in total. The Labute approximate surface area is 159 Å². The van der Waals surface area contributed by atoms with Crippen molar-refractivity contribution in [2.75, 3.05) is 0 Å². The van der Waals surface area contributed by atoms with Crippen molar-refractivity contribution in [3.8, 4) is 0 Å². The Morgan fingerprint density at radius 3 is 1.64 bits per heavy atom. The Balaban J connectivity index is -0.000000323. The van der Waals surface area contributed by atoms with Gasteiger partial charge in [-0.2, -0.15) is 0 Å². The van der Waals surface area contributed by atoms with Crippen molar-refractivity contribution in [2.24, 2.45) is 11.1 Å². The quantitative estimate of drug-likeness (QED) is 0.553. The second-order valence-corrected chi connectivity index (χ2v) is 6.38. The predicted molar refractivity (Wildman–Crippen MR) is 119 cm³/mol. The lowest BCUT2D eigenvalue weighted by Gasteiger charge is -2.11. The summed E-state index contributed by atoms with van der Waals surface area (Å²) in [6.07, 6.45) is 9.27. The highest BCUT2D eigenvalue weighted by Crippen LogP contribution is 2.14. The smallest absolute Gasteiger partial charge is 0.0256 e. The Morgan fingerprint density at radius 1 is 0.960 bits per heavy atom. The van der Waals surface area contributed by atoms with Gasteiger partial charge in [0.1, 0.15) is 0 Å². The minimum absolute atomic E-state index is 0.105. The highest BCUT2D eigenvalue weighted by Gasteiger charge is 2.03. The molecule has 0 unspecified atom stereocenters. The molecule has 0 saturated carbocycles. The molecule has 0 heterocycles. The molecule has 146 valence electrons. The maximum Gasteiger partial charge on any atom is 0.0256 e. The van der Waals surface area contributed by atoms with Crippen LogP contribution in [-0.4, -0.2) is 6.04 Å². The van der Waals surface area contributed by atoms with Crippen LogP contribution in [0.1, 0.15) is 79.9 Å². The molecule has 0 bridgehead atoms. The molecule has 1 aromatic rings. The average molecular weight is 348 g/mol. The fraction of sp³-hybridized carbons (Fsp3) is 0.583. The van der Waals surface area contributed by atoms with E-state index < -0.39 is 0 Å². The second kappa shape index (κ2) is 19.0. The van der Waals surface area contributed by atoms with Gasteiger partial charge in [-0.25, -0.2) is 0 Å². The van der Waals surface area contributed by atoms with Crippen LogP contribution in [0.15, 0.2) is 49.1 Å². The van der Waals surface area contributed by atoms with Crippen LogP contribution in [0.5, 0.6) is 0 Å². The van der Waals surface area contributed by atoms with E-state index in [2.05, 4.69) is 77.6 Å². The number of aryl methyl sites for hydroxylation is 2. The van der Waals surface area contributed by atoms with Crippen molar-refractivity contribution in [1.82, 2.24) is 0 Å². The largest absolute Gasteiger partial charge is 0.324 e. The first-order valence-electron chi connectivity index (χ1n) is 9.96. The van der Waals surface area contributed by atoms with Crippen LogP contribution in [-0.2, 0) is 12.8 Å². The van der Waals surface area contributed by atoms with Crippen LogP contribution >= 0.6 is 0 Å². The van der Waals surface area contributed by atoms with Gasteiger partial charge < -0.3 is 5.73 Å². The highest BCUT2D eigenvalue weighted by atomic mass is 14.6. The first-order chi connectivity index (χ1) is 11.8.